The van der Waals surface area contributed by atoms with Gasteiger partial charge in [-0.05, 0) is 75.5 Å². The summed E-state index contributed by atoms with van der Waals surface area (Å²) in [5.41, 5.74) is 5.57. The lowest BCUT2D eigenvalue weighted by molar-refractivity contribution is 0.101. The number of piperidine rings is 1. The molecular weight excluding hydrogens is 448 g/mol. The number of nitrogens with zero attached hydrogens (tertiary/aromatic N) is 3. The summed E-state index contributed by atoms with van der Waals surface area (Å²) in [6.45, 7) is 10.1. The first kappa shape index (κ1) is 23.0. The lowest BCUT2D eigenvalue weighted by atomic mass is 9.70. The van der Waals surface area contributed by atoms with Gasteiger partial charge >= 0.3 is 0 Å². The Bertz CT molecular complexity index is 1440. The van der Waals surface area contributed by atoms with E-state index in [9.17, 15) is 14.9 Å². The molecule has 3 aliphatic rings. The van der Waals surface area contributed by atoms with Gasteiger partial charge in [-0.3, -0.25) is 9.59 Å². The highest BCUT2D eigenvalue weighted by Gasteiger charge is 2.41. The Morgan fingerprint density at radius 1 is 1.08 bits per heavy atom. The minimum Gasteiger partial charge on any atom is -0.371 e. The Morgan fingerprint density at radius 2 is 1.81 bits per heavy atom. The molecule has 0 spiro atoms. The van der Waals surface area contributed by atoms with Crippen molar-refractivity contribution in [2.24, 2.45) is 0 Å². The average molecular weight is 481 g/mol. The van der Waals surface area contributed by atoms with Crippen molar-refractivity contribution in [3.8, 4) is 6.07 Å². The van der Waals surface area contributed by atoms with Crippen LogP contribution in [-0.4, -0.2) is 53.7 Å². The van der Waals surface area contributed by atoms with Crippen LogP contribution in [0.2, 0.25) is 0 Å². The van der Waals surface area contributed by atoms with Crippen LogP contribution >= 0.6 is 0 Å². The Balaban J connectivity index is 1.43. The number of nitrogens with one attached hydrogen (secondary N) is 1. The van der Waals surface area contributed by atoms with E-state index in [4.69, 9.17) is 0 Å². The van der Waals surface area contributed by atoms with Gasteiger partial charge in [-0.2, -0.15) is 5.26 Å². The van der Waals surface area contributed by atoms with Crippen molar-refractivity contribution in [2.75, 3.05) is 31.1 Å². The number of aromatic nitrogens is 1. The lowest BCUT2D eigenvalue weighted by Gasteiger charge is -2.40. The first-order chi connectivity index (χ1) is 17.3. The number of hydrogen-bond acceptors (Lipinski definition) is 5. The van der Waals surface area contributed by atoms with E-state index in [1.165, 1.54) is 25.9 Å². The number of Topliss-reactive ketones (excluding diaryl/α,β-unsaturated/α-hetero) is 1. The van der Waals surface area contributed by atoms with Gasteiger partial charge in [-0.1, -0.05) is 19.9 Å². The number of nitriles is 1. The van der Waals surface area contributed by atoms with Gasteiger partial charge in [-0.25, -0.2) is 0 Å². The minimum atomic E-state index is -0.456. The van der Waals surface area contributed by atoms with Gasteiger partial charge in [0.15, 0.2) is 11.6 Å². The van der Waals surface area contributed by atoms with Gasteiger partial charge in [0.25, 0.3) is 0 Å². The highest BCUT2D eigenvalue weighted by molar-refractivity contribution is 6.21. The molecule has 6 nitrogen and oxygen atoms in total. The predicted octanol–water partition coefficient (Wildman–Crippen LogP) is 5.18. The van der Waals surface area contributed by atoms with E-state index in [0.29, 0.717) is 28.3 Å². The molecule has 1 N–H and O–H groups in total. The molecule has 2 saturated heterocycles. The van der Waals surface area contributed by atoms with E-state index in [-0.39, 0.29) is 11.6 Å². The van der Waals surface area contributed by atoms with Crippen LogP contribution in [-0.2, 0) is 5.41 Å². The fraction of sp³-hybridized carbons (Fsp3) is 0.433. The van der Waals surface area contributed by atoms with Crippen molar-refractivity contribution >= 4 is 28.2 Å². The van der Waals surface area contributed by atoms with Gasteiger partial charge in [0.2, 0.25) is 0 Å². The van der Waals surface area contributed by atoms with Crippen molar-refractivity contribution in [1.82, 2.24) is 9.88 Å². The second-order valence-corrected chi connectivity index (χ2v) is 11.1. The standard InChI is InChI=1S/C30H32N4O2/c1-18(35)22-15-23-24(16-26(22)34-12-8-20(9-13-34)33-10-4-5-11-33)30(2,3)29-27(28(23)36)21-7-6-19(17-31)14-25(21)32-29/h6-7,14-16,20,32H,4-5,8-13H2,1-3H3. The largest absolute Gasteiger partial charge is 0.371 e. The molecular formula is C30H32N4O2. The number of rotatable bonds is 3. The number of benzene rings is 2. The Hall–Kier alpha value is -3.43. The van der Waals surface area contributed by atoms with Gasteiger partial charge < -0.3 is 14.8 Å². The number of anilines is 1. The van der Waals surface area contributed by atoms with E-state index in [2.05, 4.69) is 40.8 Å². The topological polar surface area (TPSA) is 80.2 Å². The summed E-state index contributed by atoms with van der Waals surface area (Å²) in [6, 6.07) is 12.2. The van der Waals surface area contributed by atoms with Crippen LogP contribution in [0, 0.1) is 11.3 Å². The highest BCUT2D eigenvalue weighted by Crippen LogP contribution is 2.46. The van der Waals surface area contributed by atoms with Crippen LogP contribution in [0.4, 0.5) is 5.69 Å². The van der Waals surface area contributed by atoms with Crippen molar-refractivity contribution in [3.05, 3.63) is 63.8 Å². The molecule has 2 fully saturated rings. The summed E-state index contributed by atoms with van der Waals surface area (Å²) >= 11 is 0. The number of hydrogen-bond donors (Lipinski definition) is 1. The van der Waals surface area contributed by atoms with Crippen molar-refractivity contribution in [3.63, 3.8) is 0 Å². The summed E-state index contributed by atoms with van der Waals surface area (Å²) in [5.74, 6) is -0.0690. The monoisotopic (exact) mass is 480 g/mol. The second kappa shape index (κ2) is 8.31. The number of H-pyrrole nitrogens is 1. The Morgan fingerprint density at radius 3 is 2.47 bits per heavy atom. The number of ketones is 2. The molecule has 3 heterocycles. The third kappa shape index (κ3) is 3.41. The van der Waals surface area contributed by atoms with Crippen LogP contribution in [0.5, 0.6) is 0 Å². The number of fused-ring (bicyclic) bond motifs is 4. The summed E-state index contributed by atoms with van der Waals surface area (Å²) in [4.78, 5) is 35.1. The smallest absolute Gasteiger partial charge is 0.195 e. The van der Waals surface area contributed by atoms with E-state index in [1.54, 1.807) is 19.1 Å². The van der Waals surface area contributed by atoms with Crippen LogP contribution in [0.15, 0.2) is 30.3 Å². The van der Waals surface area contributed by atoms with Crippen LogP contribution in [0.3, 0.4) is 0 Å². The van der Waals surface area contributed by atoms with Gasteiger partial charge in [0, 0.05) is 58.0 Å². The lowest BCUT2D eigenvalue weighted by Crippen LogP contribution is -2.44. The van der Waals surface area contributed by atoms with Crippen LogP contribution < -0.4 is 4.90 Å². The molecule has 0 amide bonds. The molecule has 3 aromatic rings. The molecule has 2 aromatic carbocycles. The van der Waals surface area contributed by atoms with E-state index in [1.807, 2.05) is 12.1 Å². The van der Waals surface area contributed by atoms with Crippen molar-refractivity contribution < 1.29 is 9.59 Å². The van der Waals surface area contributed by atoms with Crippen molar-refractivity contribution in [2.45, 2.75) is 57.9 Å². The molecule has 184 valence electrons. The van der Waals surface area contributed by atoms with Crippen LogP contribution in [0.25, 0.3) is 10.9 Å². The first-order valence-corrected chi connectivity index (χ1v) is 13.1. The SMILES string of the molecule is CC(=O)c1cc2c(cc1N1CCC(N3CCCC3)CC1)C(C)(C)c1[nH]c3cc(C#N)ccc3c1C2=O. The number of carbonyl (C=O) groups is 2. The summed E-state index contributed by atoms with van der Waals surface area (Å²) < 4.78 is 0. The molecule has 1 aliphatic carbocycles. The van der Waals surface area contributed by atoms with E-state index in [0.717, 1.165) is 53.8 Å². The molecule has 0 atom stereocenters. The molecule has 6 heteroatoms. The molecule has 0 unspecified atom stereocenters. The molecule has 1 aromatic heterocycles. The summed E-state index contributed by atoms with van der Waals surface area (Å²) in [6.07, 6.45) is 4.81. The number of likely N-dealkylation sites (tertiary alicyclic amines) is 1. The first-order valence-electron chi connectivity index (χ1n) is 13.1. The summed E-state index contributed by atoms with van der Waals surface area (Å²) in [5, 5.41) is 10.2. The number of carbonyl (C=O) groups excluding carboxylic acids is 2. The van der Waals surface area contributed by atoms with Crippen molar-refractivity contribution in [1.29, 1.82) is 5.26 Å². The maximum atomic E-state index is 13.9. The highest BCUT2D eigenvalue weighted by atomic mass is 16.1. The minimum absolute atomic E-state index is 0.0107. The normalized spacial score (nSPS) is 19.8. The third-order valence-corrected chi connectivity index (χ3v) is 8.68. The third-order valence-electron chi connectivity index (χ3n) is 8.68. The van der Waals surface area contributed by atoms with E-state index >= 15 is 0 Å². The Labute approximate surface area is 211 Å². The molecule has 36 heavy (non-hydrogen) atoms. The van der Waals surface area contributed by atoms with Gasteiger partial charge in [0.05, 0.1) is 17.2 Å². The second-order valence-electron chi connectivity index (χ2n) is 11.1. The predicted molar refractivity (Wildman–Crippen MR) is 141 cm³/mol. The summed E-state index contributed by atoms with van der Waals surface area (Å²) in [7, 11) is 0. The van der Waals surface area contributed by atoms with E-state index < -0.39 is 5.41 Å². The Kier molecular flexibility index (Phi) is 5.31. The fourth-order valence-corrected chi connectivity index (χ4v) is 6.66. The fourth-order valence-electron chi connectivity index (χ4n) is 6.66. The van der Waals surface area contributed by atoms with Gasteiger partial charge in [-0.15, -0.1) is 0 Å². The molecule has 6 rings (SSSR count). The quantitative estimate of drug-likeness (QED) is 0.523. The zero-order chi connectivity index (χ0) is 25.2. The molecule has 0 radical (unpaired) electrons. The van der Waals surface area contributed by atoms with Crippen LogP contribution in [0.1, 0.15) is 89.6 Å². The molecule has 0 saturated carbocycles. The average Bonchev–Trinajstić information content (AvgIpc) is 3.55. The number of aromatic amines is 1. The molecule has 2 aliphatic heterocycles. The molecule has 0 bridgehead atoms. The maximum absolute atomic E-state index is 13.9. The zero-order valence-corrected chi connectivity index (χ0v) is 21.3. The van der Waals surface area contributed by atoms with Gasteiger partial charge in [0.1, 0.15) is 0 Å². The zero-order valence-electron chi connectivity index (χ0n) is 21.3. The maximum Gasteiger partial charge on any atom is 0.195 e.